The summed E-state index contributed by atoms with van der Waals surface area (Å²) in [6.45, 7) is 6.69. The molecule has 3 N–H and O–H groups in total. The molecule has 0 saturated carbocycles. The predicted molar refractivity (Wildman–Crippen MR) is 133 cm³/mol. The van der Waals surface area contributed by atoms with Gasteiger partial charge in [0.05, 0.1) is 13.7 Å². The van der Waals surface area contributed by atoms with Gasteiger partial charge >= 0.3 is 6.09 Å². The number of aryl methyl sites for hydroxylation is 1. The Morgan fingerprint density at radius 1 is 1.00 bits per heavy atom. The van der Waals surface area contributed by atoms with Gasteiger partial charge in [-0.15, -0.1) is 0 Å². The van der Waals surface area contributed by atoms with Crippen molar-refractivity contribution < 1.29 is 19.1 Å². The third-order valence-electron chi connectivity index (χ3n) is 5.51. The van der Waals surface area contributed by atoms with Crippen molar-refractivity contribution in [2.75, 3.05) is 20.3 Å². The lowest BCUT2D eigenvalue weighted by Gasteiger charge is -2.34. The number of carbonyl (C=O) groups excluding carboxylic acids is 2. The lowest BCUT2D eigenvalue weighted by Crippen LogP contribution is -2.59. The highest BCUT2D eigenvalue weighted by molar-refractivity contribution is 5.85. The second-order valence-electron chi connectivity index (χ2n) is 8.45. The Balaban J connectivity index is 2.10. The number of methoxy groups -OCH3 is 1. The molecular weight excluding hydrogens is 432 g/mol. The molecule has 2 aromatic rings. The molecule has 0 unspecified atom stereocenters. The normalized spacial score (nSPS) is 11.9. The number of nitrogens with two attached hydrogens (primary N) is 1. The minimum atomic E-state index is -0.799. The Morgan fingerprint density at radius 2 is 1.68 bits per heavy atom. The lowest BCUT2D eigenvalue weighted by molar-refractivity contribution is -0.155. The highest BCUT2D eigenvalue weighted by Gasteiger charge is 2.31. The van der Waals surface area contributed by atoms with E-state index in [-0.39, 0.29) is 18.4 Å². The third kappa shape index (κ3) is 8.68. The number of nitrogens with one attached hydrogen (secondary N) is 1. The first-order valence-electron chi connectivity index (χ1n) is 11.8. The van der Waals surface area contributed by atoms with E-state index in [1.165, 1.54) is 5.56 Å². The molecule has 0 heterocycles. The summed E-state index contributed by atoms with van der Waals surface area (Å²) >= 11 is 0. The van der Waals surface area contributed by atoms with Crippen LogP contribution in [-0.4, -0.2) is 48.4 Å². The molecule has 2 aromatic carbocycles. The fraction of sp³-hybridized carbons (Fsp3) is 0.462. The second-order valence-corrected chi connectivity index (χ2v) is 8.45. The fourth-order valence-corrected chi connectivity index (χ4v) is 3.57. The first kappa shape index (κ1) is 27.1. The number of hydrogen-bond acceptors (Lipinski definition) is 6. The van der Waals surface area contributed by atoms with Crippen LogP contribution < -0.4 is 15.9 Å². The summed E-state index contributed by atoms with van der Waals surface area (Å²) in [4.78, 5) is 25.3. The van der Waals surface area contributed by atoms with E-state index in [4.69, 9.17) is 15.3 Å². The Hall–Kier alpha value is -3.10. The van der Waals surface area contributed by atoms with Crippen molar-refractivity contribution in [3.8, 4) is 5.75 Å². The smallest absolute Gasteiger partial charge is 0.407 e. The van der Waals surface area contributed by atoms with Gasteiger partial charge < -0.3 is 14.8 Å². The molecule has 8 nitrogen and oxygen atoms in total. The standard InChI is InChI=1S/C26H38N4O4/c1-5-34-26(32)28-24(20(2)3)25(31)30(27)29(19-22-14-16-23(33-4)17-15-22)18-10-9-13-21-11-7-6-8-12-21/h6-8,11-12,14-17,20,24H,5,9-10,13,18-19,27H2,1-4H3,(H,28,32)/t24-/m0/s1. The van der Waals surface area contributed by atoms with Crippen molar-refractivity contribution in [1.29, 1.82) is 0 Å². The molecule has 0 aliphatic carbocycles. The number of benzene rings is 2. The van der Waals surface area contributed by atoms with Crippen LogP contribution in [0, 0.1) is 5.92 Å². The number of hydrazine groups is 2. The summed E-state index contributed by atoms with van der Waals surface area (Å²) < 4.78 is 10.2. The maximum Gasteiger partial charge on any atom is 0.407 e. The molecule has 0 bridgehead atoms. The summed E-state index contributed by atoms with van der Waals surface area (Å²) in [7, 11) is 1.62. The van der Waals surface area contributed by atoms with E-state index in [1.54, 1.807) is 14.0 Å². The fourth-order valence-electron chi connectivity index (χ4n) is 3.57. The minimum absolute atomic E-state index is 0.163. The molecule has 2 rings (SSSR count). The number of rotatable bonds is 13. The van der Waals surface area contributed by atoms with Crippen LogP contribution in [0.2, 0.25) is 0 Å². The van der Waals surface area contributed by atoms with E-state index in [0.29, 0.717) is 13.1 Å². The summed E-state index contributed by atoms with van der Waals surface area (Å²) in [5, 5.41) is 5.60. The Kier molecular flexibility index (Phi) is 11.4. The van der Waals surface area contributed by atoms with Crippen molar-refractivity contribution in [3.05, 3.63) is 65.7 Å². The van der Waals surface area contributed by atoms with Crippen LogP contribution in [0.4, 0.5) is 4.79 Å². The van der Waals surface area contributed by atoms with Gasteiger partial charge in [0.2, 0.25) is 0 Å². The van der Waals surface area contributed by atoms with Gasteiger partial charge in [0, 0.05) is 13.1 Å². The Morgan fingerprint density at radius 3 is 2.26 bits per heavy atom. The molecule has 0 aromatic heterocycles. The molecular formula is C26H38N4O4. The largest absolute Gasteiger partial charge is 0.497 e. The number of unbranched alkanes of at least 4 members (excludes halogenated alkanes) is 1. The molecule has 0 fully saturated rings. The van der Waals surface area contributed by atoms with Gasteiger partial charge in [-0.25, -0.2) is 15.8 Å². The molecule has 2 amide bonds. The Labute approximate surface area is 202 Å². The van der Waals surface area contributed by atoms with Crippen molar-refractivity contribution in [2.45, 2.75) is 52.6 Å². The lowest BCUT2D eigenvalue weighted by atomic mass is 10.0. The molecule has 0 aliphatic rings. The first-order valence-corrected chi connectivity index (χ1v) is 11.8. The molecule has 34 heavy (non-hydrogen) atoms. The van der Waals surface area contributed by atoms with Gasteiger partial charge in [0.15, 0.2) is 0 Å². The van der Waals surface area contributed by atoms with Crippen molar-refractivity contribution in [3.63, 3.8) is 0 Å². The first-order chi connectivity index (χ1) is 16.3. The second kappa shape index (κ2) is 14.2. The molecule has 0 radical (unpaired) electrons. The summed E-state index contributed by atoms with van der Waals surface area (Å²) in [5.74, 6) is 6.55. The highest BCUT2D eigenvalue weighted by atomic mass is 16.5. The van der Waals surface area contributed by atoms with Gasteiger partial charge in [0.1, 0.15) is 11.8 Å². The van der Waals surface area contributed by atoms with Gasteiger partial charge in [-0.1, -0.05) is 56.3 Å². The zero-order valence-corrected chi connectivity index (χ0v) is 20.7. The maximum absolute atomic E-state index is 13.3. The van der Waals surface area contributed by atoms with Crippen LogP contribution in [0.15, 0.2) is 54.6 Å². The average Bonchev–Trinajstić information content (AvgIpc) is 2.84. The number of ether oxygens (including phenoxy) is 2. The van der Waals surface area contributed by atoms with E-state index in [0.717, 1.165) is 35.7 Å². The van der Waals surface area contributed by atoms with Crippen molar-refractivity contribution in [2.24, 2.45) is 11.8 Å². The molecule has 0 spiro atoms. The van der Waals surface area contributed by atoms with Gasteiger partial charge in [0.25, 0.3) is 5.91 Å². The monoisotopic (exact) mass is 470 g/mol. The quantitative estimate of drug-likeness (QED) is 0.199. The molecule has 186 valence electrons. The van der Waals surface area contributed by atoms with Crippen LogP contribution in [0.1, 0.15) is 44.7 Å². The van der Waals surface area contributed by atoms with Crippen LogP contribution in [-0.2, 0) is 22.5 Å². The minimum Gasteiger partial charge on any atom is -0.497 e. The van der Waals surface area contributed by atoms with Crippen LogP contribution >= 0.6 is 0 Å². The number of hydrogen-bond donors (Lipinski definition) is 2. The molecule has 1 atom stereocenters. The van der Waals surface area contributed by atoms with E-state index in [1.807, 2.05) is 61.3 Å². The number of alkyl carbamates (subject to hydrolysis) is 1. The van der Waals surface area contributed by atoms with Gasteiger partial charge in [-0.05, 0) is 55.4 Å². The van der Waals surface area contributed by atoms with Crippen molar-refractivity contribution >= 4 is 12.0 Å². The zero-order valence-electron chi connectivity index (χ0n) is 20.7. The zero-order chi connectivity index (χ0) is 24.9. The predicted octanol–water partition coefficient (Wildman–Crippen LogP) is 3.91. The summed E-state index contributed by atoms with van der Waals surface area (Å²) in [6, 6.07) is 17.2. The van der Waals surface area contributed by atoms with Crippen LogP contribution in [0.25, 0.3) is 0 Å². The third-order valence-corrected chi connectivity index (χ3v) is 5.51. The van der Waals surface area contributed by atoms with Gasteiger partial charge in [-0.3, -0.25) is 4.79 Å². The number of nitrogens with zero attached hydrogens (tertiary/aromatic N) is 2. The molecule has 0 aliphatic heterocycles. The van der Waals surface area contributed by atoms with Crippen molar-refractivity contribution in [1.82, 2.24) is 15.4 Å². The number of amides is 2. The SMILES string of the molecule is CCOC(=O)N[C@H](C(=O)N(N)N(CCCCc1ccccc1)Cc1ccc(OC)cc1)C(C)C. The highest BCUT2D eigenvalue weighted by Crippen LogP contribution is 2.16. The Bertz CT molecular complexity index is 874. The summed E-state index contributed by atoms with van der Waals surface area (Å²) in [6.07, 6.45) is 2.13. The summed E-state index contributed by atoms with van der Waals surface area (Å²) in [5.41, 5.74) is 2.27. The van der Waals surface area contributed by atoms with Gasteiger partial charge in [-0.2, -0.15) is 5.01 Å². The average molecular weight is 471 g/mol. The van der Waals surface area contributed by atoms with E-state index in [9.17, 15) is 9.59 Å². The van der Waals surface area contributed by atoms with E-state index in [2.05, 4.69) is 17.4 Å². The maximum atomic E-state index is 13.3. The van der Waals surface area contributed by atoms with Crippen LogP contribution in [0.5, 0.6) is 5.75 Å². The van der Waals surface area contributed by atoms with E-state index >= 15 is 0 Å². The topological polar surface area (TPSA) is 97.1 Å². The molecule has 8 heteroatoms. The van der Waals surface area contributed by atoms with Crippen LogP contribution in [0.3, 0.4) is 0 Å². The van der Waals surface area contributed by atoms with E-state index < -0.39 is 12.1 Å². The molecule has 0 saturated heterocycles. The number of carbonyl (C=O) groups is 2.